The zero-order chi connectivity index (χ0) is 35.2. The average Bonchev–Trinajstić information content (AvgIpc) is 3.05. The first-order valence-electron chi connectivity index (χ1n) is 14.5. The Morgan fingerprint density at radius 2 is 1.55 bits per heavy atom. The molecule has 47 heavy (non-hydrogen) atoms. The van der Waals surface area contributed by atoms with Gasteiger partial charge in [-0.3, -0.25) is 4.79 Å². The Balaban J connectivity index is 1.93. The lowest BCUT2D eigenvalue weighted by atomic mass is 9.88. The predicted molar refractivity (Wildman–Crippen MR) is 145 cm³/mol. The van der Waals surface area contributed by atoms with Gasteiger partial charge in [0.25, 0.3) is 5.79 Å². The van der Waals surface area contributed by atoms with E-state index in [1.54, 1.807) is 0 Å². The van der Waals surface area contributed by atoms with Crippen molar-refractivity contribution in [3.8, 4) is 0 Å². The molecule has 272 valence electrons. The van der Waals surface area contributed by atoms with Crippen LogP contribution in [0.25, 0.3) is 0 Å². The van der Waals surface area contributed by atoms with Gasteiger partial charge in [-0.05, 0) is 0 Å². The first kappa shape index (κ1) is 39.4. The van der Waals surface area contributed by atoms with Gasteiger partial charge in [0.15, 0.2) is 12.6 Å². The highest BCUT2D eigenvalue weighted by molar-refractivity contribution is 5.78. The summed E-state index contributed by atoms with van der Waals surface area (Å²) in [4.78, 5) is 24.5. The van der Waals surface area contributed by atoms with Crippen LogP contribution in [-0.2, 0) is 38.0 Å². The molecule has 3 fully saturated rings. The summed E-state index contributed by atoms with van der Waals surface area (Å²) in [5.74, 6) is -6.19. The number of ether oxygens (including phenoxy) is 6. The number of rotatable bonds is 15. The summed E-state index contributed by atoms with van der Waals surface area (Å²) < 4.78 is 32.8. The highest BCUT2D eigenvalue weighted by atomic mass is 16.8. The van der Waals surface area contributed by atoms with E-state index in [0.717, 1.165) is 0 Å². The average molecular weight is 690 g/mol. The highest BCUT2D eigenvalue weighted by Crippen LogP contribution is 2.38. The molecule has 3 saturated heterocycles. The van der Waals surface area contributed by atoms with Crippen LogP contribution in [0.1, 0.15) is 6.42 Å². The first-order valence-corrected chi connectivity index (χ1v) is 14.5. The maximum absolute atomic E-state index is 12.6. The zero-order valence-electron chi connectivity index (χ0n) is 24.8. The van der Waals surface area contributed by atoms with E-state index in [1.807, 2.05) is 0 Å². The SMILES string of the molecule is C=CCO[C@@H]1O[C@H](CO)[C@@H](O[C@@H]2O[C@H](CO)[C@@H](O)[C@H](O[C@]3(C(=O)O)C[C@H](O)[C@@H](NC(=O)CO)[C@H]([C@H](O)[C@H](O)CO)O3)[C@H]2O)[C@H](O)[C@H]1O. The van der Waals surface area contributed by atoms with Crippen molar-refractivity contribution in [1.29, 1.82) is 0 Å². The Bertz CT molecular complexity index is 1040. The number of aliphatic hydroxyl groups is 11. The Morgan fingerprint density at radius 3 is 2.11 bits per heavy atom. The number of hydrogen-bond acceptors (Lipinski definition) is 19. The van der Waals surface area contributed by atoms with E-state index < -0.39 is 142 Å². The second kappa shape index (κ2) is 17.1. The van der Waals surface area contributed by atoms with Crippen molar-refractivity contribution in [2.24, 2.45) is 0 Å². The van der Waals surface area contributed by atoms with Gasteiger partial charge in [0.05, 0.1) is 38.6 Å². The van der Waals surface area contributed by atoms with Gasteiger partial charge in [-0.1, -0.05) is 6.08 Å². The first-order chi connectivity index (χ1) is 22.2. The van der Waals surface area contributed by atoms with Crippen molar-refractivity contribution in [2.45, 2.75) is 104 Å². The fraction of sp³-hybridized carbons (Fsp3) is 0.846. The molecule has 0 unspecified atom stereocenters. The summed E-state index contributed by atoms with van der Waals surface area (Å²) in [5.41, 5.74) is 0. The number of carbonyl (C=O) groups is 2. The smallest absolute Gasteiger partial charge is 0.364 e. The lowest BCUT2D eigenvalue weighted by molar-refractivity contribution is -0.386. The van der Waals surface area contributed by atoms with Gasteiger partial charge in [0.1, 0.15) is 73.8 Å². The third kappa shape index (κ3) is 8.60. The molecule has 1 amide bonds. The van der Waals surface area contributed by atoms with E-state index in [9.17, 15) is 65.8 Å². The van der Waals surface area contributed by atoms with Crippen LogP contribution in [0.4, 0.5) is 0 Å². The van der Waals surface area contributed by atoms with Crippen molar-refractivity contribution in [3.63, 3.8) is 0 Å². The van der Waals surface area contributed by atoms with E-state index in [2.05, 4.69) is 11.9 Å². The number of carboxylic acids is 1. The van der Waals surface area contributed by atoms with E-state index in [4.69, 9.17) is 33.5 Å². The fourth-order valence-electron chi connectivity index (χ4n) is 5.45. The van der Waals surface area contributed by atoms with Crippen LogP contribution in [0.15, 0.2) is 12.7 Å². The van der Waals surface area contributed by atoms with E-state index in [-0.39, 0.29) is 6.61 Å². The normalized spacial score (nSPS) is 42.3. The third-order valence-electron chi connectivity index (χ3n) is 7.93. The maximum Gasteiger partial charge on any atom is 0.364 e. The molecule has 0 bridgehead atoms. The Hall–Kier alpha value is -2.00. The van der Waals surface area contributed by atoms with Gasteiger partial charge in [-0.15, -0.1) is 6.58 Å². The molecule has 16 atom stereocenters. The number of carbonyl (C=O) groups excluding carboxylic acids is 1. The van der Waals surface area contributed by atoms with Gasteiger partial charge in [-0.2, -0.15) is 0 Å². The van der Waals surface area contributed by atoms with Crippen LogP contribution in [0.5, 0.6) is 0 Å². The van der Waals surface area contributed by atoms with E-state index in [0.29, 0.717) is 0 Å². The molecule has 3 heterocycles. The molecule has 3 aliphatic rings. The lowest BCUT2D eigenvalue weighted by Gasteiger charge is -2.50. The lowest BCUT2D eigenvalue weighted by Crippen LogP contribution is -2.71. The minimum absolute atomic E-state index is 0.106. The molecule has 0 aromatic carbocycles. The van der Waals surface area contributed by atoms with Crippen molar-refractivity contribution in [1.82, 2.24) is 5.32 Å². The van der Waals surface area contributed by atoms with Crippen molar-refractivity contribution in [2.75, 3.05) is 33.0 Å². The van der Waals surface area contributed by atoms with Gasteiger partial charge in [0.2, 0.25) is 5.91 Å². The molecule has 0 aromatic heterocycles. The van der Waals surface area contributed by atoms with Crippen LogP contribution in [-0.4, -0.2) is 204 Å². The Labute approximate surface area is 266 Å². The molecule has 0 saturated carbocycles. The third-order valence-corrected chi connectivity index (χ3v) is 7.93. The zero-order valence-corrected chi connectivity index (χ0v) is 24.8. The van der Waals surface area contributed by atoms with Crippen LogP contribution in [0.2, 0.25) is 0 Å². The fourth-order valence-corrected chi connectivity index (χ4v) is 5.45. The summed E-state index contributed by atoms with van der Waals surface area (Å²) in [5, 5.41) is 125. The number of amides is 1. The second-order valence-electron chi connectivity index (χ2n) is 11.1. The summed E-state index contributed by atoms with van der Waals surface area (Å²) in [6.07, 6.45) is -26.1. The van der Waals surface area contributed by atoms with Gasteiger partial charge < -0.3 is 95.0 Å². The van der Waals surface area contributed by atoms with Gasteiger partial charge in [0, 0.05) is 6.42 Å². The second-order valence-corrected chi connectivity index (χ2v) is 11.1. The molecule has 0 aliphatic carbocycles. The number of nitrogens with one attached hydrogen (secondary N) is 1. The number of aliphatic carboxylic acids is 1. The molecule has 3 rings (SSSR count). The number of hydrogen-bond donors (Lipinski definition) is 13. The van der Waals surface area contributed by atoms with Crippen LogP contribution in [0.3, 0.4) is 0 Å². The van der Waals surface area contributed by atoms with Gasteiger partial charge in [-0.25, -0.2) is 4.79 Å². The predicted octanol–water partition coefficient (Wildman–Crippen LogP) is -8.04. The Morgan fingerprint density at radius 1 is 0.915 bits per heavy atom. The summed E-state index contributed by atoms with van der Waals surface area (Å²) >= 11 is 0. The van der Waals surface area contributed by atoms with E-state index >= 15 is 0 Å². The van der Waals surface area contributed by atoms with E-state index in [1.165, 1.54) is 6.08 Å². The highest BCUT2D eigenvalue weighted by Gasteiger charge is 2.60. The van der Waals surface area contributed by atoms with Crippen LogP contribution >= 0.6 is 0 Å². The summed E-state index contributed by atoms with van der Waals surface area (Å²) in [7, 11) is 0. The topological polar surface area (TPSA) is 344 Å². The molecule has 0 radical (unpaired) electrons. The molecule has 0 spiro atoms. The minimum atomic E-state index is -3.08. The standard InChI is InChI=1S/C26H43NO20/c1-2-3-42-23-18(38)17(37)20(12(7-30)44-23)45-24-19(39)22(16(36)11(6-29)43-24)47-26(25(40)41)4-9(32)14(27-13(34)8-31)21(46-26)15(35)10(33)5-28/h2,9-12,14-24,28-33,35-39H,1,3-8H2,(H,27,34)(H,40,41)/t9-,10+,11+,12+,14+,15+,16+,17+,18+,19+,20+,21+,22-,23+,24-,26-/m0/s1. The van der Waals surface area contributed by atoms with Gasteiger partial charge >= 0.3 is 5.97 Å². The molecule has 13 N–H and O–H groups in total. The summed E-state index contributed by atoms with van der Waals surface area (Å²) in [6, 6.07) is -1.69. The number of aliphatic hydroxyl groups excluding tert-OH is 11. The van der Waals surface area contributed by atoms with Crippen molar-refractivity contribution < 1.29 is 99.3 Å². The molecule has 0 aromatic rings. The van der Waals surface area contributed by atoms with Crippen molar-refractivity contribution in [3.05, 3.63) is 12.7 Å². The molecular weight excluding hydrogens is 646 g/mol. The molecule has 21 heteroatoms. The van der Waals surface area contributed by atoms with Crippen LogP contribution < -0.4 is 5.32 Å². The molecule has 3 aliphatic heterocycles. The maximum atomic E-state index is 12.6. The Kier molecular flexibility index (Phi) is 14.3. The monoisotopic (exact) mass is 689 g/mol. The summed E-state index contributed by atoms with van der Waals surface area (Å²) in [6.45, 7) is -0.647. The van der Waals surface area contributed by atoms with Crippen molar-refractivity contribution >= 4 is 11.9 Å². The van der Waals surface area contributed by atoms with Crippen LogP contribution in [0, 0.1) is 0 Å². The quantitative estimate of drug-likeness (QED) is 0.0710. The number of carboxylic acid groups (broad SMARTS) is 1. The minimum Gasteiger partial charge on any atom is -0.477 e. The molecule has 21 nitrogen and oxygen atoms in total. The largest absolute Gasteiger partial charge is 0.477 e. The molecular formula is C26H43NO20.